The summed E-state index contributed by atoms with van der Waals surface area (Å²) in [6, 6.07) is 11.9. The van der Waals surface area contributed by atoms with Gasteiger partial charge in [-0.3, -0.25) is 9.59 Å². The maximum absolute atomic E-state index is 12.9. The molecule has 2 aromatic carbocycles. The molecule has 1 unspecified atom stereocenters. The maximum Gasteiger partial charge on any atom is 0.416 e. The minimum Gasteiger partial charge on any atom is -0.338 e. The third-order valence-corrected chi connectivity index (χ3v) is 5.17. The summed E-state index contributed by atoms with van der Waals surface area (Å²) >= 11 is 0. The topological polar surface area (TPSA) is 49.4 Å². The first-order valence-corrected chi connectivity index (χ1v) is 9.65. The van der Waals surface area contributed by atoms with Crippen molar-refractivity contribution in [2.24, 2.45) is 5.92 Å². The fraction of sp³-hybridized carbons (Fsp3) is 0.364. The van der Waals surface area contributed by atoms with Gasteiger partial charge in [0.2, 0.25) is 5.91 Å². The molecule has 1 saturated heterocycles. The third-order valence-electron chi connectivity index (χ3n) is 5.17. The number of nitrogens with zero attached hydrogens (tertiary/aromatic N) is 1. The Kier molecular flexibility index (Phi) is 6.25. The van der Waals surface area contributed by atoms with Gasteiger partial charge < -0.3 is 10.2 Å². The summed E-state index contributed by atoms with van der Waals surface area (Å²) in [5, 5.41) is 2.93. The van der Waals surface area contributed by atoms with Gasteiger partial charge in [0.25, 0.3) is 5.91 Å². The highest BCUT2D eigenvalue weighted by Gasteiger charge is 2.33. The Hall–Kier alpha value is -2.83. The van der Waals surface area contributed by atoms with Gasteiger partial charge in [-0.25, -0.2) is 0 Å². The van der Waals surface area contributed by atoms with Crippen molar-refractivity contribution in [3.05, 3.63) is 65.2 Å². The second kappa shape index (κ2) is 8.68. The van der Waals surface area contributed by atoms with E-state index >= 15 is 0 Å². The second-order valence-electron chi connectivity index (χ2n) is 7.17. The molecule has 0 aromatic heterocycles. The number of alkyl halides is 3. The summed E-state index contributed by atoms with van der Waals surface area (Å²) in [7, 11) is 0. The Morgan fingerprint density at radius 2 is 1.90 bits per heavy atom. The molecule has 1 aliphatic rings. The smallest absolute Gasteiger partial charge is 0.338 e. The lowest BCUT2D eigenvalue weighted by molar-refractivity contribution is -0.137. The van der Waals surface area contributed by atoms with Crippen LogP contribution < -0.4 is 5.32 Å². The molecule has 1 aliphatic heterocycles. The van der Waals surface area contributed by atoms with Crippen LogP contribution in [0.5, 0.6) is 0 Å². The van der Waals surface area contributed by atoms with E-state index in [2.05, 4.69) is 5.32 Å². The van der Waals surface area contributed by atoms with Crippen molar-refractivity contribution in [2.75, 3.05) is 18.4 Å². The molecular formula is C22H23F3N2O2. The van der Waals surface area contributed by atoms with Gasteiger partial charge in [0.1, 0.15) is 0 Å². The van der Waals surface area contributed by atoms with Crippen LogP contribution in [-0.2, 0) is 17.4 Å². The predicted octanol–water partition coefficient (Wildman–Crippen LogP) is 4.76. The first-order chi connectivity index (χ1) is 13.8. The highest BCUT2D eigenvalue weighted by atomic mass is 19.4. The van der Waals surface area contributed by atoms with Crippen molar-refractivity contribution in [2.45, 2.75) is 32.4 Å². The minimum absolute atomic E-state index is 0.0165. The SMILES string of the molecule is CCc1ccccc1NC(=O)C1CCCN(C(=O)c2cccc(C(F)(F)F)c2)C1. The number of nitrogens with one attached hydrogen (secondary N) is 1. The van der Waals surface area contributed by atoms with Crippen LogP contribution in [0.1, 0.15) is 41.3 Å². The number of aryl methyl sites for hydroxylation is 1. The van der Waals surface area contributed by atoms with Crippen molar-refractivity contribution in [1.29, 1.82) is 0 Å². The first kappa shape index (κ1) is 20.9. The third kappa shape index (κ3) is 4.96. The average molecular weight is 404 g/mol. The van der Waals surface area contributed by atoms with Gasteiger partial charge >= 0.3 is 6.18 Å². The molecule has 29 heavy (non-hydrogen) atoms. The van der Waals surface area contributed by atoms with Crippen LogP contribution in [0.15, 0.2) is 48.5 Å². The Labute approximate surface area is 167 Å². The maximum atomic E-state index is 12.9. The standard InChI is InChI=1S/C22H23F3N2O2/c1-2-15-7-3-4-11-19(15)26-20(28)17-9-6-12-27(14-17)21(29)16-8-5-10-18(13-16)22(23,24)25/h3-5,7-8,10-11,13,17H,2,6,9,12,14H2,1H3,(H,26,28). The number of amides is 2. The molecule has 3 rings (SSSR count). The van der Waals surface area contributed by atoms with E-state index in [1.165, 1.54) is 17.0 Å². The number of carbonyl (C=O) groups is 2. The monoisotopic (exact) mass is 404 g/mol. The summed E-state index contributed by atoms with van der Waals surface area (Å²) in [4.78, 5) is 26.9. The van der Waals surface area contributed by atoms with E-state index in [4.69, 9.17) is 0 Å². The van der Waals surface area contributed by atoms with Crippen LogP contribution >= 0.6 is 0 Å². The van der Waals surface area contributed by atoms with E-state index in [0.29, 0.717) is 19.4 Å². The van der Waals surface area contributed by atoms with Gasteiger partial charge in [0.15, 0.2) is 0 Å². The molecule has 1 N–H and O–H groups in total. The summed E-state index contributed by atoms with van der Waals surface area (Å²) in [5.41, 5.74) is 0.901. The molecule has 2 amide bonds. The number of halogens is 3. The number of likely N-dealkylation sites (tertiary alicyclic amines) is 1. The molecule has 0 radical (unpaired) electrons. The highest BCUT2D eigenvalue weighted by molar-refractivity contribution is 5.96. The molecule has 0 bridgehead atoms. The molecule has 0 saturated carbocycles. The Bertz CT molecular complexity index is 896. The van der Waals surface area contributed by atoms with Crippen LogP contribution in [0.25, 0.3) is 0 Å². The molecular weight excluding hydrogens is 381 g/mol. The number of anilines is 1. The molecule has 4 nitrogen and oxygen atoms in total. The van der Waals surface area contributed by atoms with Crippen molar-refractivity contribution >= 4 is 17.5 Å². The Morgan fingerprint density at radius 1 is 1.14 bits per heavy atom. The van der Waals surface area contributed by atoms with Crippen molar-refractivity contribution in [3.8, 4) is 0 Å². The van der Waals surface area contributed by atoms with E-state index in [9.17, 15) is 22.8 Å². The average Bonchev–Trinajstić information content (AvgIpc) is 2.73. The fourth-order valence-corrected chi connectivity index (χ4v) is 3.57. The zero-order valence-electron chi connectivity index (χ0n) is 16.1. The number of hydrogen-bond acceptors (Lipinski definition) is 2. The van der Waals surface area contributed by atoms with E-state index in [1.54, 1.807) is 0 Å². The van der Waals surface area contributed by atoms with Gasteiger partial charge in [-0.1, -0.05) is 31.2 Å². The summed E-state index contributed by atoms with van der Waals surface area (Å²) in [6.45, 7) is 2.61. The summed E-state index contributed by atoms with van der Waals surface area (Å²) < 4.78 is 38.8. The molecule has 0 aliphatic carbocycles. The van der Waals surface area contributed by atoms with Gasteiger partial charge in [-0.15, -0.1) is 0 Å². The molecule has 7 heteroatoms. The number of rotatable bonds is 4. The van der Waals surface area contributed by atoms with Gasteiger partial charge in [0, 0.05) is 24.3 Å². The van der Waals surface area contributed by atoms with Crippen LogP contribution in [0.2, 0.25) is 0 Å². The fourth-order valence-electron chi connectivity index (χ4n) is 3.57. The number of para-hydroxylation sites is 1. The van der Waals surface area contributed by atoms with Crippen molar-refractivity contribution < 1.29 is 22.8 Å². The number of hydrogen-bond donors (Lipinski definition) is 1. The van der Waals surface area contributed by atoms with Crippen molar-refractivity contribution in [3.63, 3.8) is 0 Å². The zero-order valence-corrected chi connectivity index (χ0v) is 16.1. The molecule has 1 atom stereocenters. The Morgan fingerprint density at radius 3 is 2.62 bits per heavy atom. The van der Waals surface area contributed by atoms with Gasteiger partial charge in [-0.05, 0) is 49.1 Å². The first-order valence-electron chi connectivity index (χ1n) is 9.65. The summed E-state index contributed by atoms with van der Waals surface area (Å²) in [5.74, 6) is -1.06. The predicted molar refractivity (Wildman–Crippen MR) is 105 cm³/mol. The van der Waals surface area contributed by atoms with E-state index < -0.39 is 23.6 Å². The molecule has 0 spiro atoms. The van der Waals surface area contributed by atoms with E-state index in [1.807, 2.05) is 31.2 Å². The number of piperidine rings is 1. The normalized spacial score (nSPS) is 17.1. The lowest BCUT2D eigenvalue weighted by Crippen LogP contribution is -2.43. The van der Waals surface area contributed by atoms with Gasteiger partial charge in [0.05, 0.1) is 11.5 Å². The van der Waals surface area contributed by atoms with Crippen molar-refractivity contribution in [1.82, 2.24) is 4.90 Å². The van der Waals surface area contributed by atoms with Crippen LogP contribution in [0.4, 0.5) is 18.9 Å². The van der Waals surface area contributed by atoms with Crippen LogP contribution in [-0.4, -0.2) is 29.8 Å². The van der Waals surface area contributed by atoms with E-state index in [-0.39, 0.29) is 18.0 Å². The zero-order chi connectivity index (χ0) is 21.0. The lowest BCUT2D eigenvalue weighted by Gasteiger charge is -2.32. The van der Waals surface area contributed by atoms with Gasteiger partial charge in [-0.2, -0.15) is 13.2 Å². The molecule has 154 valence electrons. The molecule has 1 heterocycles. The van der Waals surface area contributed by atoms with Crippen LogP contribution in [0.3, 0.4) is 0 Å². The van der Waals surface area contributed by atoms with Crippen LogP contribution in [0, 0.1) is 5.92 Å². The Balaban J connectivity index is 1.70. The number of benzene rings is 2. The largest absolute Gasteiger partial charge is 0.416 e. The highest BCUT2D eigenvalue weighted by Crippen LogP contribution is 2.30. The lowest BCUT2D eigenvalue weighted by atomic mass is 9.96. The quantitative estimate of drug-likeness (QED) is 0.799. The molecule has 2 aromatic rings. The second-order valence-corrected chi connectivity index (χ2v) is 7.17. The molecule has 1 fully saturated rings. The van der Waals surface area contributed by atoms with E-state index in [0.717, 1.165) is 29.8 Å². The minimum atomic E-state index is -4.51. The number of carbonyl (C=O) groups excluding carboxylic acids is 2. The summed E-state index contributed by atoms with van der Waals surface area (Å²) in [6.07, 6.45) is -2.47.